The minimum absolute atomic E-state index is 0.508. The van der Waals surface area contributed by atoms with Crippen LogP contribution in [0.1, 0.15) is 157 Å². The summed E-state index contributed by atoms with van der Waals surface area (Å²) in [6.45, 7) is 18.6. The number of hydrogen-bond acceptors (Lipinski definition) is 0. The average molecular weight is 828 g/mol. The molecule has 0 nitrogen and oxygen atoms in total. The molecule has 0 aliphatic heterocycles. The molecule has 2 atom stereocenters. The van der Waals surface area contributed by atoms with Gasteiger partial charge in [0.1, 0.15) is 0 Å². The average Bonchev–Trinajstić information content (AvgIpc) is 3.88. The van der Waals surface area contributed by atoms with Gasteiger partial charge in [-0.05, 0) is 0 Å². The summed E-state index contributed by atoms with van der Waals surface area (Å²) in [5, 5.41) is 0. The van der Waals surface area contributed by atoms with E-state index < -0.39 is 18.0 Å². The van der Waals surface area contributed by atoms with E-state index in [1.54, 1.807) is 11.1 Å². The van der Waals surface area contributed by atoms with E-state index in [1.807, 2.05) is 3.26 Å². The summed E-state index contributed by atoms with van der Waals surface area (Å²) >= 11 is -4.02. The maximum atomic E-state index is 2.86. The van der Waals surface area contributed by atoms with Crippen LogP contribution in [0.2, 0.25) is 9.36 Å². The first-order valence-electron chi connectivity index (χ1n) is 19.7. The van der Waals surface area contributed by atoms with Crippen molar-refractivity contribution in [2.24, 2.45) is 0 Å². The molecule has 4 aromatic rings. The van der Waals surface area contributed by atoms with Gasteiger partial charge in [-0.3, -0.25) is 0 Å². The summed E-state index contributed by atoms with van der Waals surface area (Å²) in [4.78, 5) is 0. The van der Waals surface area contributed by atoms with Crippen LogP contribution in [0.3, 0.4) is 0 Å². The summed E-state index contributed by atoms with van der Waals surface area (Å²) in [6.07, 6.45) is 15.8. The molecule has 3 aliphatic carbocycles. The first-order valence-corrected chi connectivity index (χ1v) is 32.9. The van der Waals surface area contributed by atoms with Crippen molar-refractivity contribution in [3.63, 3.8) is 0 Å². The van der Waals surface area contributed by atoms with Gasteiger partial charge >= 0.3 is 307 Å². The fourth-order valence-corrected chi connectivity index (χ4v) is 35.1. The standard InChI is InChI=1S/2C21H23.C5H8.2CH3.Hf/c2*1-14(2)17-11-18(15(3)4)13-19(12-17)21-10-6-8-16-7-5-9-20(16)21;1-2-4-5-3-1;;;/h2*5-15H,1-4H3;1-4H2;2*1H3;. The zero-order chi connectivity index (χ0) is 35.6. The quantitative estimate of drug-likeness (QED) is 0.155. The molecule has 0 bridgehead atoms. The molecular formula is C49H60Hf. The van der Waals surface area contributed by atoms with E-state index in [9.17, 15) is 0 Å². The van der Waals surface area contributed by atoms with Crippen molar-refractivity contribution in [1.82, 2.24) is 0 Å². The van der Waals surface area contributed by atoms with Crippen LogP contribution in [0.5, 0.6) is 0 Å². The Morgan fingerprint density at radius 1 is 0.500 bits per heavy atom. The van der Waals surface area contributed by atoms with Crippen molar-refractivity contribution in [3.05, 3.63) is 129 Å². The summed E-state index contributed by atoms with van der Waals surface area (Å²) < 4.78 is 8.70. The van der Waals surface area contributed by atoms with Gasteiger partial charge in [0, 0.05) is 0 Å². The van der Waals surface area contributed by atoms with Gasteiger partial charge in [-0.15, -0.1) is 0 Å². The van der Waals surface area contributed by atoms with Crippen LogP contribution >= 0.6 is 0 Å². The summed E-state index contributed by atoms with van der Waals surface area (Å²) in [5.41, 5.74) is 17.5. The molecule has 0 N–H and O–H groups in total. The molecule has 50 heavy (non-hydrogen) atoms. The van der Waals surface area contributed by atoms with Crippen LogP contribution in [0.4, 0.5) is 0 Å². The predicted octanol–water partition coefficient (Wildman–Crippen LogP) is 14.9. The van der Waals surface area contributed by atoms with Gasteiger partial charge in [-0.2, -0.15) is 0 Å². The second kappa shape index (κ2) is 13.3. The van der Waals surface area contributed by atoms with E-state index in [2.05, 4.69) is 162 Å². The van der Waals surface area contributed by atoms with Crippen molar-refractivity contribution in [1.29, 1.82) is 0 Å². The number of benzene rings is 4. The molecule has 0 saturated heterocycles. The maximum absolute atomic E-state index is 4.02. The Balaban J connectivity index is 1.39. The second-order valence-electron chi connectivity index (χ2n) is 18.1. The molecular weight excluding hydrogens is 767 g/mol. The van der Waals surface area contributed by atoms with Gasteiger partial charge in [0.05, 0.1) is 0 Å². The molecule has 7 rings (SSSR count). The summed E-state index contributed by atoms with van der Waals surface area (Å²) in [7, 11) is 0. The Hall–Kier alpha value is -2.90. The van der Waals surface area contributed by atoms with Crippen molar-refractivity contribution in [3.8, 4) is 22.3 Å². The minimum atomic E-state index is -4.02. The molecule has 0 heterocycles. The third-order valence-corrected chi connectivity index (χ3v) is 40.5. The molecule has 0 amide bonds. The Bertz CT molecular complexity index is 1890. The Morgan fingerprint density at radius 2 is 0.860 bits per heavy atom. The summed E-state index contributed by atoms with van der Waals surface area (Å²) in [5.74, 6) is 2.03. The predicted molar refractivity (Wildman–Crippen MR) is 219 cm³/mol. The van der Waals surface area contributed by atoms with Crippen LogP contribution < -0.4 is 0 Å². The molecule has 3 aliphatic rings. The van der Waals surface area contributed by atoms with Crippen molar-refractivity contribution in [2.45, 2.75) is 121 Å². The number of fused-ring (bicyclic) bond motifs is 2. The molecule has 0 aromatic heterocycles. The van der Waals surface area contributed by atoms with Crippen LogP contribution in [0, 0.1) is 0 Å². The molecule has 1 fully saturated rings. The molecule has 4 aromatic carbocycles. The monoisotopic (exact) mass is 828 g/mol. The fourth-order valence-electron chi connectivity index (χ4n) is 9.95. The zero-order valence-corrected chi connectivity index (χ0v) is 36.1. The third-order valence-electron chi connectivity index (χ3n) is 13.3. The fraction of sp³-hybridized carbons (Fsp3) is 0.408. The van der Waals surface area contributed by atoms with Gasteiger partial charge in [0.25, 0.3) is 0 Å². The molecule has 0 radical (unpaired) electrons. The summed E-state index contributed by atoms with van der Waals surface area (Å²) in [6, 6.07) is 29.3. The normalized spacial score (nSPS) is 18.7. The van der Waals surface area contributed by atoms with Crippen molar-refractivity contribution >= 4 is 15.4 Å². The van der Waals surface area contributed by atoms with E-state index in [0.29, 0.717) is 31.0 Å². The van der Waals surface area contributed by atoms with Gasteiger partial charge in [-0.1, -0.05) is 0 Å². The SMILES string of the molecule is CC(C)c1cc(-c2cccc3c2C=C[CH]3[Hf]([CH3])([CH3])(=[C]2CCCC2)[CH]2C=Cc3c(-c4cc(C(C)C)cc(C(C)C)c4)cccc32)cc(C(C)C)c1. The van der Waals surface area contributed by atoms with Crippen molar-refractivity contribution in [2.75, 3.05) is 0 Å². The van der Waals surface area contributed by atoms with Crippen molar-refractivity contribution < 1.29 is 18.0 Å². The van der Waals surface area contributed by atoms with E-state index >= 15 is 0 Å². The zero-order valence-electron chi connectivity index (χ0n) is 32.5. The van der Waals surface area contributed by atoms with Gasteiger partial charge < -0.3 is 0 Å². The second-order valence-corrected chi connectivity index (χ2v) is 43.9. The molecule has 260 valence electrons. The Morgan fingerprint density at radius 3 is 1.20 bits per heavy atom. The molecule has 0 spiro atoms. The number of allylic oxidation sites excluding steroid dienone is 2. The Labute approximate surface area is 304 Å². The first kappa shape index (κ1) is 35.5. The number of rotatable bonds is 8. The molecule has 1 saturated carbocycles. The van der Waals surface area contributed by atoms with Gasteiger partial charge in [-0.25, -0.2) is 0 Å². The topological polar surface area (TPSA) is 0 Å². The third kappa shape index (κ3) is 5.88. The van der Waals surface area contributed by atoms with Gasteiger partial charge in [0.2, 0.25) is 0 Å². The number of hydrogen-bond donors (Lipinski definition) is 0. The Kier molecular flexibility index (Phi) is 9.41. The van der Waals surface area contributed by atoms with Crippen LogP contribution in [-0.2, 0) is 18.0 Å². The van der Waals surface area contributed by atoms with Crippen LogP contribution in [-0.4, -0.2) is 3.26 Å². The van der Waals surface area contributed by atoms with E-state index in [-0.39, 0.29) is 0 Å². The van der Waals surface area contributed by atoms with E-state index in [4.69, 9.17) is 0 Å². The van der Waals surface area contributed by atoms with E-state index in [1.165, 1.54) is 81.3 Å². The van der Waals surface area contributed by atoms with Gasteiger partial charge in [0.15, 0.2) is 0 Å². The molecule has 2 unspecified atom stereocenters. The van der Waals surface area contributed by atoms with Crippen LogP contribution in [0.25, 0.3) is 34.4 Å². The van der Waals surface area contributed by atoms with E-state index in [0.717, 1.165) is 0 Å². The van der Waals surface area contributed by atoms with Crippen LogP contribution in [0.15, 0.2) is 84.9 Å². The molecule has 1 heteroatoms. The first-order chi connectivity index (χ1) is 23.8.